The Hall–Kier alpha value is -3.34. The number of benzene rings is 1. The Morgan fingerprint density at radius 2 is 1.45 bits per heavy atom. The first-order valence-electron chi connectivity index (χ1n) is 12.9. The molecule has 0 heterocycles. The van der Waals surface area contributed by atoms with E-state index in [1.54, 1.807) is 6.07 Å². The zero-order chi connectivity index (χ0) is 28.6. The summed E-state index contributed by atoms with van der Waals surface area (Å²) in [5, 5.41) is 0. The Morgan fingerprint density at radius 3 is 1.97 bits per heavy atom. The van der Waals surface area contributed by atoms with E-state index >= 15 is 0 Å². The maximum atomic E-state index is 12.6. The first-order valence-corrected chi connectivity index (χ1v) is 12.9. The van der Waals surface area contributed by atoms with Gasteiger partial charge in [-0.15, -0.1) is 0 Å². The first-order chi connectivity index (χ1) is 18.0. The highest BCUT2D eigenvalue weighted by molar-refractivity contribution is 5.81. The van der Waals surface area contributed by atoms with E-state index in [2.05, 4.69) is 0 Å². The van der Waals surface area contributed by atoms with E-state index < -0.39 is 29.8 Å². The Morgan fingerprint density at radius 1 is 0.868 bits per heavy atom. The predicted molar refractivity (Wildman–Crippen MR) is 138 cm³/mol. The van der Waals surface area contributed by atoms with Gasteiger partial charge in [-0.1, -0.05) is 46.6 Å². The number of hydrogen-bond donors (Lipinski definition) is 1. The van der Waals surface area contributed by atoms with Gasteiger partial charge in [-0.05, 0) is 36.5 Å². The predicted octanol–water partition coefficient (Wildman–Crippen LogP) is 4.71. The molecule has 1 aromatic carbocycles. The van der Waals surface area contributed by atoms with Gasteiger partial charge in [-0.3, -0.25) is 9.59 Å². The number of esters is 2. The van der Waals surface area contributed by atoms with Crippen LogP contribution < -0.4 is 15.2 Å². The maximum absolute atomic E-state index is 12.6. The SMILES string of the molecule is CCCCOC(=O)Oc1ccc(C[C@](N)(CCOC(=O)CC(C)C)C(=O)OC)cc1OC(=O)OCCCC. The molecule has 0 aliphatic heterocycles. The molecule has 0 saturated carbocycles. The van der Waals surface area contributed by atoms with E-state index in [-0.39, 0.29) is 56.5 Å². The normalized spacial score (nSPS) is 12.3. The van der Waals surface area contributed by atoms with Crippen LogP contribution >= 0.6 is 0 Å². The lowest BCUT2D eigenvalue weighted by Gasteiger charge is -2.27. The number of hydrogen-bond acceptors (Lipinski definition) is 11. The van der Waals surface area contributed by atoms with Crippen LogP contribution in [0.25, 0.3) is 0 Å². The molecule has 0 fully saturated rings. The van der Waals surface area contributed by atoms with Gasteiger partial charge in [-0.2, -0.15) is 0 Å². The van der Waals surface area contributed by atoms with Crippen molar-refractivity contribution < 1.29 is 47.6 Å². The highest BCUT2D eigenvalue weighted by Crippen LogP contribution is 2.31. The molecule has 0 radical (unpaired) electrons. The van der Waals surface area contributed by atoms with Crippen molar-refractivity contribution >= 4 is 24.2 Å². The molecule has 1 atom stereocenters. The lowest BCUT2D eigenvalue weighted by atomic mass is 9.88. The van der Waals surface area contributed by atoms with Crippen molar-refractivity contribution in [1.82, 2.24) is 0 Å². The van der Waals surface area contributed by atoms with Crippen LogP contribution in [-0.4, -0.2) is 56.7 Å². The van der Waals surface area contributed by atoms with Crippen LogP contribution in [0, 0.1) is 5.92 Å². The van der Waals surface area contributed by atoms with Crippen molar-refractivity contribution in [2.75, 3.05) is 26.9 Å². The summed E-state index contributed by atoms with van der Waals surface area (Å²) in [5.74, 6) is -1.17. The number of unbranched alkanes of at least 4 members (excludes halogenated alkanes) is 2. The van der Waals surface area contributed by atoms with Crippen LogP contribution in [-0.2, 0) is 35.0 Å². The van der Waals surface area contributed by atoms with Crippen molar-refractivity contribution in [3.63, 3.8) is 0 Å². The second-order valence-electron chi connectivity index (χ2n) is 9.28. The molecule has 214 valence electrons. The molecule has 1 aromatic rings. The number of rotatable bonds is 16. The van der Waals surface area contributed by atoms with Crippen molar-refractivity contribution in [3.05, 3.63) is 23.8 Å². The number of carbonyl (C=O) groups excluding carboxylic acids is 4. The zero-order valence-electron chi connectivity index (χ0n) is 23.0. The van der Waals surface area contributed by atoms with E-state index in [4.69, 9.17) is 34.2 Å². The van der Waals surface area contributed by atoms with E-state index in [9.17, 15) is 19.2 Å². The molecule has 0 unspecified atom stereocenters. The standard InChI is InChI=1S/C27H41NO10/c1-6-8-13-35-25(31)37-21-11-10-20(17-22(21)38-26(32)36-14-9-7-2)18-27(28,24(30)33-5)12-15-34-23(29)16-19(3)4/h10-11,17,19H,6-9,12-16,18,28H2,1-5H3/t27-/m1/s1. The summed E-state index contributed by atoms with van der Waals surface area (Å²) in [4.78, 5) is 48.7. The highest BCUT2D eigenvalue weighted by atomic mass is 16.7. The van der Waals surface area contributed by atoms with Crippen LogP contribution in [0.4, 0.5) is 9.59 Å². The van der Waals surface area contributed by atoms with Gasteiger partial charge in [-0.25, -0.2) is 9.59 Å². The first kappa shape index (κ1) is 32.7. The van der Waals surface area contributed by atoms with Crippen LogP contribution in [0.5, 0.6) is 11.5 Å². The second-order valence-corrected chi connectivity index (χ2v) is 9.28. The number of methoxy groups -OCH3 is 1. The van der Waals surface area contributed by atoms with E-state index in [0.29, 0.717) is 18.4 Å². The zero-order valence-corrected chi connectivity index (χ0v) is 23.0. The van der Waals surface area contributed by atoms with Crippen LogP contribution in [0.1, 0.15) is 71.8 Å². The largest absolute Gasteiger partial charge is 0.513 e. The molecule has 0 bridgehead atoms. The molecular formula is C27H41NO10. The third kappa shape index (κ3) is 12.3. The molecule has 11 nitrogen and oxygen atoms in total. The fourth-order valence-corrected chi connectivity index (χ4v) is 3.23. The summed E-state index contributed by atoms with van der Waals surface area (Å²) in [6.07, 6.45) is 1.21. The fraction of sp³-hybridized carbons (Fsp3) is 0.630. The number of nitrogens with two attached hydrogens (primary N) is 1. The highest BCUT2D eigenvalue weighted by Gasteiger charge is 2.36. The Balaban J connectivity index is 3.10. The van der Waals surface area contributed by atoms with Crippen molar-refractivity contribution in [2.45, 2.75) is 78.2 Å². The Labute approximate surface area is 224 Å². The van der Waals surface area contributed by atoms with Crippen molar-refractivity contribution in [3.8, 4) is 11.5 Å². The molecule has 11 heteroatoms. The van der Waals surface area contributed by atoms with Gasteiger partial charge in [0.1, 0.15) is 5.54 Å². The third-order valence-electron chi connectivity index (χ3n) is 5.33. The molecule has 2 N–H and O–H groups in total. The minimum absolute atomic E-state index is 0.0131. The minimum atomic E-state index is -1.55. The number of ether oxygens (including phenoxy) is 6. The van der Waals surface area contributed by atoms with Gasteiger partial charge < -0.3 is 34.2 Å². The van der Waals surface area contributed by atoms with Gasteiger partial charge in [0.05, 0.1) is 26.9 Å². The fourth-order valence-electron chi connectivity index (χ4n) is 3.23. The summed E-state index contributed by atoms with van der Waals surface area (Å²) in [5.41, 5.74) is 5.31. The third-order valence-corrected chi connectivity index (χ3v) is 5.33. The van der Waals surface area contributed by atoms with Crippen LogP contribution in [0.15, 0.2) is 18.2 Å². The Bertz CT molecular complexity index is 917. The molecule has 0 aliphatic rings. The van der Waals surface area contributed by atoms with E-state index in [0.717, 1.165) is 12.8 Å². The summed E-state index contributed by atoms with van der Waals surface area (Å²) < 4.78 is 30.7. The molecule has 0 spiro atoms. The molecular weight excluding hydrogens is 498 g/mol. The lowest BCUT2D eigenvalue weighted by molar-refractivity contribution is -0.151. The summed E-state index contributed by atoms with van der Waals surface area (Å²) in [6.45, 7) is 7.92. The average Bonchev–Trinajstić information content (AvgIpc) is 2.85. The molecule has 1 rings (SSSR count). The van der Waals surface area contributed by atoms with E-state index in [1.165, 1.54) is 19.2 Å². The van der Waals surface area contributed by atoms with Crippen molar-refractivity contribution in [1.29, 1.82) is 0 Å². The van der Waals surface area contributed by atoms with Gasteiger partial charge in [0, 0.05) is 19.3 Å². The summed E-state index contributed by atoms with van der Waals surface area (Å²) >= 11 is 0. The molecule has 0 aromatic heterocycles. The average molecular weight is 540 g/mol. The minimum Gasteiger partial charge on any atom is -0.468 e. The monoisotopic (exact) mass is 539 g/mol. The van der Waals surface area contributed by atoms with Gasteiger partial charge in [0.25, 0.3) is 0 Å². The maximum Gasteiger partial charge on any atom is 0.513 e. The van der Waals surface area contributed by atoms with E-state index in [1.807, 2.05) is 27.7 Å². The van der Waals surface area contributed by atoms with Gasteiger partial charge in [0.15, 0.2) is 11.5 Å². The summed E-state index contributed by atoms with van der Waals surface area (Å²) in [6, 6.07) is 4.36. The quantitative estimate of drug-likeness (QED) is 0.135. The van der Waals surface area contributed by atoms with Gasteiger partial charge >= 0.3 is 24.2 Å². The van der Waals surface area contributed by atoms with Gasteiger partial charge in [0.2, 0.25) is 0 Å². The Kier molecular flexibility index (Phi) is 14.8. The van der Waals surface area contributed by atoms with Crippen molar-refractivity contribution in [2.24, 2.45) is 11.7 Å². The molecule has 0 aliphatic carbocycles. The molecule has 0 amide bonds. The molecule has 0 saturated heterocycles. The second kappa shape index (κ2) is 17.2. The lowest BCUT2D eigenvalue weighted by Crippen LogP contribution is -2.51. The summed E-state index contributed by atoms with van der Waals surface area (Å²) in [7, 11) is 1.21. The molecule has 38 heavy (non-hydrogen) atoms. The smallest absolute Gasteiger partial charge is 0.468 e. The van der Waals surface area contributed by atoms with Crippen LogP contribution in [0.3, 0.4) is 0 Å². The topological polar surface area (TPSA) is 150 Å². The van der Waals surface area contributed by atoms with Crippen LogP contribution in [0.2, 0.25) is 0 Å². The number of carbonyl (C=O) groups is 4.